The molecule has 0 radical (unpaired) electrons. The van der Waals surface area contributed by atoms with Gasteiger partial charge in [-0.15, -0.1) is 0 Å². The highest BCUT2D eigenvalue weighted by Crippen LogP contribution is 2.22. The van der Waals surface area contributed by atoms with Gasteiger partial charge < -0.3 is 10.6 Å². The summed E-state index contributed by atoms with van der Waals surface area (Å²) in [6, 6.07) is 0.557. The molecule has 0 aliphatic carbocycles. The van der Waals surface area contributed by atoms with Gasteiger partial charge in [-0.1, -0.05) is 0 Å². The molecule has 4 nitrogen and oxygen atoms in total. The van der Waals surface area contributed by atoms with Crippen LogP contribution < -0.4 is 10.6 Å². The molecule has 74 valence electrons. The van der Waals surface area contributed by atoms with Gasteiger partial charge in [0.1, 0.15) is 0 Å². The maximum absolute atomic E-state index is 11.6. The minimum Gasteiger partial charge on any atom is -0.353 e. The van der Waals surface area contributed by atoms with Crippen molar-refractivity contribution in [2.75, 3.05) is 26.2 Å². The summed E-state index contributed by atoms with van der Waals surface area (Å²) in [4.78, 5) is 13.9. The number of hydrogen-bond donors (Lipinski definition) is 2. The lowest BCUT2D eigenvalue weighted by Gasteiger charge is -2.49. The van der Waals surface area contributed by atoms with Crippen LogP contribution >= 0.6 is 0 Å². The highest BCUT2D eigenvalue weighted by atomic mass is 16.2. The van der Waals surface area contributed by atoms with E-state index in [4.69, 9.17) is 0 Å². The molecule has 0 bridgehead atoms. The van der Waals surface area contributed by atoms with E-state index in [1.807, 2.05) is 13.8 Å². The largest absolute Gasteiger partial charge is 0.353 e. The summed E-state index contributed by atoms with van der Waals surface area (Å²) < 4.78 is 0. The summed E-state index contributed by atoms with van der Waals surface area (Å²) in [5, 5.41) is 6.14. The van der Waals surface area contributed by atoms with Crippen LogP contribution in [0.15, 0.2) is 0 Å². The predicted molar refractivity (Wildman–Crippen MR) is 50.5 cm³/mol. The lowest BCUT2D eigenvalue weighted by atomic mass is 9.94. The molecule has 4 heteroatoms. The lowest BCUT2D eigenvalue weighted by Crippen LogP contribution is -2.70. The van der Waals surface area contributed by atoms with Gasteiger partial charge in [0.25, 0.3) is 0 Å². The summed E-state index contributed by atoms with van der Waals surface area (Å²) in [7, 11) is 0. The average molecular weight is 183 g/mol. The quantitative estimate of drug-likeness (QED) is 0.557. The second kappa shape index (κ2) is 2.96. The first-order chi connectivity index (χ1) is 6.12. The molecule has 0 spiro atoms. The third kappa shape index (κ3) is 1.34. The molecule has 0 aromatic carbocycles. The Kier molecular flexibility index (Phi) is 2.04. The minimum absolute atomic E-state index is 0.158. The Bertz CT molecular complexity index is 223. The minimum atomic E-state index is -0.328. The van der Waals surface area contributed by atoms with Crippen LogP contribution in [0.3, 0.4) is 0 Å². The van der Waals surface area contributed by atoms with E-state index in [0.29, 0.717) is 6.04 Å². The van der Waals surface area contributed by atoms with Crippen LogP contribution in [0.5, 0.6) is 0 Å². The fourth-order valence-corrected chi connectivity index (χ4v) is 2.05. The summed E-state index contributed by atoms with van der Waals surface area (Å²) >= 11 is 0. The third-order valence-electron chi connectivity index (χ3n) is 3.11. The molecule has 0 unspecified atom stereocenters. The Morgan fingerprint density at radius 2 is 2.15 bits per heavy atom. The van der Waals surface area contributed by atoms with E-state index in [1.165, 1.54) is 0 Å². The van der Waals surface area contributed by atoms with Crippen LogP contribution in [0, 0.1) is 0 Å². The predicted octanol–water partition coefficient (Wildman–Crippen LogP) is -0.831. The first-order valence-electron chi connectivity index (χ1n) is 4.88. The SMILES string of the molecule is CC1(C)C(=O)NCCN1C1CNC1. The van der Waals surface area contributed by atoms with Crippen LogP contribution in [0.25, 0.3) is 0 Å². The van der Waals surface area contributed by atoms with E-state index < -0.39 is 0 Å². The molecule has 13 heavy (non-hydrogen) atoms. The first kappa shape index (κ1) is 8.97. The van der Waals surface area contributed by atoms with Gasteiger partial charge in [-0.05, 0) is 13.8 Å². The first-order valence-corrected chi connectivity index (χ1v) is 4.88. The zero-order valence-corrected chi connectivity index (χ0v) is 8.26. The Morgan fingerprint density at radius 3 is 2.69 bits per heavy atom. The molecule has 2 saturated heterocycles. The Hall–Kier alpha value is -0.610. The third-order valence-corrected chi connectivity index (χ3v) is 3.11. The Morgan fingerprint density at radius 1 is 1.46 bits per heavy atom. The topological polar surface area (TPSA) is 44.4 Å². The van der Waals surface area contributed by atoms with E-state index in [-0.39, 0.29) is 11.4 Å². The van der Waals surface area contributed by atoms with Crippen LogP contribution in [-0.2, 0) is 4.79 Å². The van der Waals surface area contributed by atoms with Gasteiger partial charge in [0.05, 0.1) is 5.54 Å². The molecule has 2 aliphatic rings. The molecular weight excluding hydrogens is 166 g/mol. The van der Waals surface area contributed by atoms with E-state index in [0.717, 1.165) is 26.2 Å². The number of amides is 1. The van der Waals surface area contributed by atoms with Gasteiger partial charge >= 0.3 is 0 Å². The van der Waals surface area contributed by atoms with Crippen molar-refractivity contribution in [1.82, 2.24) is 15.5 Å². The lowest BCUT2D eigenvalue weighted by molar-refractivity contribution is -0.138. The fraction of sp³-hybridized carbons (Fsp3) is 0.889. The number of hydrogen-bond acceptors (Lipinski definition) is 3. The van der Waals surface area contributed by atoms with Crippen molar-refractivity contribution in [2.24, 2.45) is 0 Å². The molecule has 1 amide bonds. The highest BCUT2D eigenvalue weighted by molar-refractivity contribution is 5.86. The van der Waals surface area contributed by atoms with Gasteiger partial charge in [0, 0.05) is 32.2 Å². The van der Waals surface area contributed by atoms with Crippen LogP contribution in [0.1, 0.15) is 13.8 Å². The normalized spacial score (nSPS) is 29.5. The molecule has 2 rings (SSSR count). The Labute approximate surface area is 78.7 Å². The zero-order chi connectivity index (χ0) is 9.47. The van der Waals surface area contributed by atoms with Crippen LogP contribution in [0.2, 0.25) is 0 Å². The maximum atomic E-state index is 11.6. The number of nitrogens with one attached hydrogen (secondary N) is 2. The standard InChI is InChI=1S/C9H17N3O/c1-9(2)8(13)11-3-4-12(9)7-5-10-6-7/h7,10H,3-6H2,1-2H3,(H,11,13). The van der Waals surface area contributed by atoms with E-state index in [9.17, 15) is 4.79 Å². The van der Waals surface area contributed by atoms with Crippen LogP contribution in [-0.4, -0.2) is 48.6 Å². The van der Waals surface area contributed by atoms with Crippen molar-refractivity contribution in [2.45, 2.75) is 25.4 Å². The van der Waals surface area contributed by atoms with Crippen LogP contribution in [0.4, 0.5) is 0 Å². The zero-order valence-electron chi connectivity index (χ0n) is 8.26. The average Bonchev–Trinajstić information content (AvgIpc) is 1.96. The van der Waals surface area contributed by atoms with E-state index in [2.05, 4.69) is 15.5 Å². The van der Waals surface area contributed by atoms with Gasteiger partial charge in [0.2, 0.25) is 5.91 Å². The van der Waals surface area contributed by atoms with E-state index >= 15 is 0 Å². The van der Waals surface area contributed by atoms with Crippen molar-refractivity contribution in [3.05, 3.63) is 0 Å². The van der Waals surface area contributed by atoms with Gasteiger partial charge in [-0.3, -0.25) is 9.69 Å². The number of carbonyl (C=O) groups is 1. The second-order valence-electron chi connectivity index (χ2n) is 4.32. The number of carbonyl (C=O) groups excluding carboxylic acids is 1. The molecule has 2 heterocycles. The summed E-state index contributed by atoms with van der Waals surface area (Å²) in [6.07, 6.45) is 0. The number of piperazine rings is 1. The molecule has 0 saturated carbocycles. The molecule has 0 aromatic rings. The van der Waals surface area contributed by atoms with Crippen molar-refractivity contribution in [1.29, 1.82) is 0 Å². The summed E-state index contributed by atoms with van der Waals surface area (Å²) in [6.45, 7) is 7.82. The van der Waals surface area contributed by atoms with Gasteiger partial charge in [-0.25, -0.2) is 0 Å². The van der Waals surface area contributed by atoms with Crippen molar-refractivity contribution in [3.8, 4) is 0 Å². The van der Waals surface area contributed by atoms with Crippen molar-refractivity contribution in [3.63, 3.8) is 0 Å². The number of nitrogens with zero attached hydrogens (tertiary/aromatic N) is 1. The highest BCUT2D eigenvalue weighted by Gasteiger charge is 2.42. The van der Waals surface area contributed by atoms with Gasteiger partial charge in [-0.2, -0.15) is 0 Å². The smallest absolute Gasteiger partial charge is 0.240 e. The van der Waals surface area contributed by atoms with Gasteiger partial charge in [0.15, 0.2) is 0 Å². The van der Waals surface area contributed by atoms with E-state index in [1.54, 1.807) is 0 Å². The summed E-state index contributed by atoms with van der Waals surface area (Å²) in [5.74, 6) is 0.158. The molecule has 0 atom stereocenters. The summed E-state index contributed by atoms with van der Waals surface area (Å²) in [5.41, 5.74) is -0.328. The molecule has 2 fully saturated rings. The molecular formula is C9H17N3O. The number of rotatable bonds is 1. The molecule has 0 aromatic heterocycles. The van der Waals surface area contributed by atoms with Crippen molar-refractivity contribution < 1.29 is 4.79 Å². The second-order valence-corrected chi connectivity index (χ2v) is 4.32. The fourth-order valence-electron chi connectivity index (χ4n) is 2.05. The Balaban J connectivity index is 2.11. The molecule has 2 N–H and O–H groups in total. The van der Waals surface area contributed by atoms with Crippen molar-refractivity contribution >= 4 is 5.91 Å². The maximum Gasteiger partial charge on any atom is 0.240 e. The monoisotopic (exact) mass is 183 g/mol. The molecule has 2 aliphatic heterocycles.